The molecule has 1 amide bonds. The molecule has 0 aliphatic carbocycles. The monoisotopic (exact) mass is 984 g/mol. The lowest BCUT2D eigenvalue weighted by Gasteiger charge is -2.25. The molecule has 0 aromatic rings. The van der Waals surface area contributed by atoms with Crippen LogP contribution in [0, 0.1) is 0 Å². The van der Waals surface area contributed by atoms with Crippen LogP contribution < -0.4 is 5.32 Å². The first-order valence-electron chi connectivity index (χ1n) is 28.1. The van der Waals surface area contributed by atoms with Crippen LogP contribution in [-0.4, -0.2) is 73.4 Å². The summed E-state index contributed by atoms with van der Waals surface area (Å²) in [6.45, 7) is 4.65. The molecule has 8 nitrogen and oxygen atoms in total. The molecule has 0 rings (SSSR count). The highest BCUT2D eigenvalue weighted by atomic mass is 31.2. The van der Waals surface area contributed by atoms with Crippen LogP contribution in [0.25, 0.3) is 0 Å². The van der Waals surface area contributed by atoms with Crippen LogP contribution in [0.2, 0.25) is 0 Å². The zero-order chi connectivity index (χ0) is 50.6. The van der Waals surface area contributed by atoms with Gasteiger partial charge in [0.2, 0.25) is 5.91 Å². The van der Waals surface area contributed by atoms with Gasteiger partial charge in [-0.25, -0.2) is 4.57 Å². The number of hydrogen-bond acceptors (Lipinski definition) is 5. The Kier molecular flexibility index (Phi) is 48.5. The Bertz CT molecular complexity index is 1440. The van der Waals surface area contributed by atoms with Gasteiger partial charge in [-0.1, -0.05) is 233 Å². The van der Waals surface area contributed by atoms with E-state index in [1.165, 1.54) is 128 Å². The summed E-state index contributed by atoms with van der Waals surface area (Å²) < 4.78 is 23.6. The van der Waals surface area contributed by atoms with Crippen LogP contribution in [-0.2, 0) is 18.4 Å². The van der Waals surface area contributed by atoms with E-state index in [0.717, 1.165) is 70.6 Å². The number of phosphoric acid groups is 1. The first kappa shape index (κ1) is 66.4. The standard InChI is InChI=1S/C60H107N2O6P/c1-6-8-10-12-14-16-18-20-22-24-26-28-29-30-31-32-34-35-37-39-41-43-45-47-49-51-53-59(63)58(57-68-69(65,66)67-56-55-62(3,4)5)61-60(64)54-52-50-48-46-44-42-40-38-36-33-27-25-23-21-19-17-15-13-11-9-7-2/h9,11,15,17,21,23,27,33,38,40,43-46,51,53,58-59,63H,6-8,10,12-14,16,18-20,22,24-26,28-32,34-37,39,41-42,47-50,52,54-57H2,1-5H3,(H-,61,64,65,66)/p+1/b11-9-,17-15-,23-21-,33-27-,40-38-,45-43+,46-44-,53-51+. The molecule has 3 unspecified atom stereocenters. The molecule has 69 heavy (non-hydrogen) atoms. The number of phosphoric ester groups is 1. The van der Waals surface area contributed by atoms with E-state index in [1.807, 2.05) is 27.2 Å². The van der Waals surface area contributed by atoms with Crippen molar-refractivity contribution in [3.63, 3.8) is 0 Å². The topological polar surface area (TPSA) is 105 Å². The number of unbranched alkanes of at least 4 members (excludes halogenated alkanes) is 23. The van der Waals surface area contributed by atoms with Crippen molar-refractivity contribution in [2.45, 2.75) is 238 Å². The van der Waals surface area contributed by atoms with Crippen LogP contribution in [0.4, 0.5) is 0 Å². The predicted molar refractivity (Wildman–Crippen MR) is 299 cm³/mol. The smallest absolute Gasteiger partial charge is 0.387 e. The number of quaternary nitrogens is 1. The summed E-state index contributed by atoms with van der Waals surface area (Å²) >= 11 is 0. The molecular weight excluding hydrogens is 876 g/mol. The Morgan fingerprint density at radius 1 is 0.507 bits per heavy atom. The molecule has 0 aliphatic rings. The summed E-state index contributed by atoms with van der Waals surface area (Å²) in [6, 6.07) is -0.894. The average molecular weight is 985 g/mol. The van der Waals surface area contributed by atoms with Gasteiger partial charge < -0.3 is 19.8 Å². The summed E-state index contributed by atoms with van der Waals surface area (Å²) in [5.74, 6) is -0.231. The van der Waals surface area contributed by atoms with Gasteiger partial charge in [-0.3, -0.25) is 13.8 Å². The Balaban J connectivity index is 4.37. The minimum Gasteiger partial charge on any atom is -0.387 e. The first-order chi connectivity index (χ1) is 33.5. The van der Waals surface area contributed by atoms with Gasteiger partial charge >= 0.3 is 7.82 Å². The maximum atomic E-state index is 12.9. The summed E-state index contributed by atoms with van der Waals surface area (Å²) in [7, 11) is 1.51. The summed E-state index contributed by atoms with van der Waals surface area (Å²) in [5, 5.41) is 13.9. The van der Waals surface area contributed by atoms with Crippen molar-refractivity contribution >= 4 is 13.7 Å². The van der Waals surface area contributed by atoms with Crippen LogP contribution >= 0.6 is 7.82 Å². The van der Waals surface area contributed by atoms with Gasteiger partial charge in [0.15, 0.2) is 0 Å². The molecule has 0 bridgehead atoms. The van der Waals surface area contributed by atoms with Gasteiger partial charge in [-0.15, -0.1) is 0 Å². The molecule has 0 saturated heterocycles. The van der Waals surface area contributed by atoms with E-state index in [1.54, 1.807) is 6.08 Å². The van der Waals surface area contributed by atoms with E-state index in [9.17, 15) is 19.4 Å². The Hall–Kier alpha value is -2.58. The molecule has 0 aromatic carbocycles. The molecule has 398 valence electrons. The molecule has 0 heterocycles. The van der Waals surface area contributed by atoms with Crippen molar-refractivity contribution < 1.29 is 32.9 Å². The van der Waals surface area contributed by atoms with E-state index in [-0.39, 0.29) is 25.5 Å². The molecule has 0 aromatic heterocycles. The second kappa shape index (κ2) is 50.4. The summed E-state index contributed by atoms with van der Waals surface area (Å²) in [5.41, 5.74) is 0. The number of amides is 1. The van der Waals surface area contributed by atoms with Crippen LogP contribution in [0.3, 0.4) is 0 Å². The number of aliphatic hydroxyl groups excluding tert-OH is 1. The fraction of sp³-hybridized carbons (Fsp3) is 0.717. The first-order valence-corrected chi connectivity index (χ1v) is 29.6. The Labute approximate surface area is 426 Å². The van der Waals surface area contributed by atoms with Crippen molar-refractivity contribution in [1.29, 1.82) is 0 Å². The largest absolute Gasteiger partial charge is 0.472 e. The highest BCUT2D eigenvalue weighted by molar-refractivity contribution is 7.47. The fourth-order valence-electron chi connectivity index (χ4n) is 7.65. The minimum absolute atomic E-state index is 0.0423. The number of nitrogens with zero attached hydrogens (tertiary/aromatic N) is 1. The predicted octanol–water partition coefficient (Wildman–Crippen LogP) is 17.0. The summed E-state index contributed by atoms with van der Waals surface area (Å²) in [4.78, 5) is 23.3. The fourth-order valence-corrected chi connectivity index (χ4v) is 8.38. The molecular formula is C60H108N2O6P+. The van der Waals surface area contributed by atoms with Crippen LogP contribution in [0.1, 0.15) is 226 Å². The van der Waals surface area contributed by atoms with E-state index >= 15 is 0 Å². The zero-order valence-corrected chi connectivity index (χ0v) is 46.2. The van der Waals surface area contributed by atoms with Crippen molar-refractivity contribution in [3.8, 4) is 0 Å². The third kappa shape index (κ3) is 53.1. The average Bonchev–Trinajstić information content (AvgIpc) is 3.31. The molecule has 9 heteroatoms. The quantitative estimate of drug-likeness (QED) is 0.0243. The minimum atomic E-state index is -4.37. The number of allylic oxidation sites excluding steroid dienone is 15. The Morgan fingerprint density at radius 2 is 0.884 bits per heavy atom. The van der Waals surface area contributed by atoms with E-state index < -0.39 is 20.0 Å². The third-order valence-corrected chi connectivity index (χ3v) is 13.0. The molecule has 0 aliphatic heterocycles. The van der Waals surface area contributed by atoms with Gasteiger partial charge in [0.1, 0.15) is 13.2 Å². The maximum Gasteiger partial charge on any atom is 0.472 e. The molecule has 3 N–H and O–H groups in total. The number of aliphatic hydroxyl groups is 1. The SMILES string of the molecule is CC/C=C\C/C=C\C/C=C\C/C=C\C/C=C\C/C=C\CCCCC(=O)NC(COP(=O)(O)OCC[N+](C)(C)C)C(O)/C=C/CC/C=C/CCCCCCCCCCCCCCCCCCCCCC. The third-order valence-electron chi connectivity index (χ3n) is 12.0. The van der Waals surface area contributed by atoms with Crippen molar-refractivity contribution in [1.82, 2.24) is 5.32 Å². The number of carbonyl (C=O) groups is 1. The molecule has 0 fully saturated rings. The van der Waals surface area contributed by atoms with Crippen molar-refractivity contribution in [3.05, 3.63) is 97.2 Å². The van der Waals surface area contributed by atoms with Gasteiger partial charge in [0.05, 0.1) is 39.9 Å². The lowest BCUT2D eigenvalue weighted by molar-refractivity contribution is -0.870. The maximum absolute atomic E-state index is 12.9. The van der Waals surface area contributed by atoms with Crippen molar-refractivity contribution in [2.75, 3.05) is 40.9 Å². The lowest BCUT2D eigenvalue weighted by Crippen LogP contribution is -2.45. The second-order valence-corrected chi connectivity index (χ2v) is 21.4. The molecule has 0 radical (unpaired) electrons. The summed E-state index contributed by atoms with van der Waals surface area (Å²) in [6.07, 6.45) is 72.3. The van der Waals surface area contributed by atoms with E-state index in [0.29, 0.717) is 17.4 Å². The number of rotatable bonds is 50. The number of carbonyl (C=O) groups excluding carboxylic acids is 1. The molecule has 0 saturated carbocycles. The lowest BCUT2D eigenvalue weighted by atomic mass is 10.0. The van der Waals surface area contributed by atoms with Gasteiger partial charge in [-0.05, 0) is 83.5 Å². The van der Waals surface area contributed by atoms with Gasteiger partial charge in [-0.2, -0.15) is 0 Å². The molecule has 0 spiro atoms. The highest BCUT2D eigenvalue weighted by Gasteiger charge is 2.27. The van der Waals surface area contributed by atoms with Crippen LogP contribution in [0.5, 0.6) is 0 Å². The van der Waals surface area contributed by atoms with E-state index in [2.05, 4.69) is 104 Å². The normalized spacial score (nSPS) is 14.7. The Morgan fingerprint density at radius 3 is 1.33 bits per heavy atom. The number of hydrogen-bond donors (Lipinski definition) is 3. The number of likely N-dealkylation sites (N-methyl/N-ethyl adjacent to an activating group) is 1. The molecule has 3 atom stereocenters. The van der Waals surface area contributed by atoms with Crippen LogP contribution in [0.15, 0.2) is 97.2 Å². The van der Waals surface area contributed by atoms with E-state index in [4.69, 9.17) is 9.05 Å². The zero-order valence-electron chi connectivity index (χ0n) is 45.3. The second-order valence-electron chi connectivity index (χ2n) is 19.9. The van der Waals surface area contributed by atoms with Gasteiger partial charge in [0.25, 0.3) is 0 Å². The number of nitrogens with one attached hydrogen (secondary N) is 1. The highest BCUT2D eigenvalue weighted by Crippen LogP contribution is 2.43. The van der Waals surface area contributed by atoms with Gasteiger partial charge in [0, 0.05) is 6.42 Å². The van der Waals surface area contributed by atoms with Crippen molar-refractivity contribution in [2.24, 2.45) is 0 Å².